The number of rotatable bonds is 2. The molecule has 0 rings (SSSR count). The van der Waals surface area contributed by atoms with Gasteiger partial charge in [-0.15, -0.1) is 0 Å². The van der Waals surface area contributed by atoms with E-state index in [0.29, 0.717) is 10.6 Å². The first kappa shape index (κ1) is 9.00. The zero-order valence-corrected chi connectivity index (χ0v) is 6.52. The number of hydrogen-bond donors (Lipinski definition) is 0. The predicted octanol–water partition coefficient (Wildman–Crippen LogP) is 2.76. The van der Waals surface area contributed by atoms with Gasteiger partial charge < -0.3 is 0 Å². The van der Waals surface area contributed by atoms with Crippen LogP contribution < -0.4 is 0 Å². The first-order chi connectivity index (χ1) is 4.70. The third kappa shape index (κ3) is 3.94. The highest BCUT2D eigenvalue weighted by Crippen LogP contribution is 2.02. The fraction of sp³-hybridized carbons (Fsp3) is 0.125. The summed E-state index contributed by atoms with van der Waals surface area (Å²) < 4.78 is 0. The molecule has 0 aliphatic rings. The Morgan fingerprint density at radius 2 is 2.20 bits per heavy atom. The van der Waals surface area contributed by atoms with Crippen LogP contribution in [0.2, 0.25) is 0 Å². The van der Waals surface area contributed by atoms with Crippen LogP contribution in [0, 0.1) is 11.3 Å². The zero-order valence-electron chi connectivity index (χ0n) is 5.76. The highest BCUT2D eigenvalue weighted by atomic mass is 35.5. The summed E-state index contributed by atoms with van der Waals surface area (Å²) >= 11 is 5.56. The van der Waals surface area contributed by atoms with E-state index in [-0.39, 0.29) is 0 Å². The van der Waals surface area contributed by atoms with Crippen molar-refractivity contribution in [2.24, 2.45) is 0 Å². The normalized spacial score (nSPS) is 12.5. The Bertz CT molecular complexity index is 218. The van der Waals surface area contributed by atoms with Gasteiger partial charge in [-0.3, -0.25) is 0 Å². The fourth-order valence-electron chi connectivity index (χ4n) is 0.310. The lowest BCUT2D eigenvalue weighted by molar-refractivity contribution is 1.44. The van der Waals surface area contributed by atoms with Gasteiger partial charge in [-0.1, -0.05) is 24.3 Å². The molecule has 0 saturated carbocycles. The minimum absolute atomic E-state index is 0.537. The molecule has 10 heavy (non-hydrogen) atoms. The maximum Gasteiger partial charge on any atom is 0.0944 e. The van der Waals surface area contributed by atoms with Crippen molar-refractivity contribution in [3.8, 4) is 6.07 Å². The van der Waals surface area contributed by atoms with Crippen molar-refractivity contribution in [1.29, 1.82) is 5.26 Å². The van der Waals surface area contributed by atoms with Gasteiger partial charge in [-0.25, -0.2) is 0 Å². The number of nitriles is 1. The monoisotopic (exact) mass is 153 g/mol. The maximum absolute atomic E-state index is 8.30. The number of allylic oxidation sites excluding steroid dienone is 5. The van der Waals surface area contributed by atoms with Crippen molar-refractivity contribution >= 4 is 11.6 Å². The van der Waals surface area contributed by atoms with Crippen molar-refractivity contribution < 1.29 is 0 Å². The predicted molar refractivity (Wildman–Crippen MR) is 43.5 cm³/mol. The van der Waals surface area contributed by atoms with Gasteiger partial charge in [0, 0.05) is 10.6 Å². The fourth-order valence-corrected chi connectivity index (χ4v) is 0.373. The van der Waals surface area contributed by atoms with Crippen LogP contribution >= 0.6 is 11.6 Å². The van der Waals surface area contributed by atoms with Gasteiger partial charge in [0.1, 0.15) is 0 Å². The summed E-state index contributed by atoms with van der Waals surface area (Å²) in [5.74, 6) is 0. The van der Waals surface area contributed by atoms with E-state index in [1.807, 2.05) is 6.07 Å². The van der Waals surface area contributed by atoms with Crippen LogP contribution in [-0.4, -0.2) is 0 Å². The van der Waals surface area contributed by atoms with E-state index in [1.54, 1.807) is 19.1 Å². The Labute approximate surface area is 65.9 Å². The second kappa shape index (κ2) is 4.84. The summed E-state index contributed by atoms with van der Waals surface area (Å²) in [6.45, 7) is 5.16. The summed E-state index contributed by atoms with van der Waals surface area (Å²) in [5.41, 5.74) is 0.625. The minimum Gasteiger partial charge on any atom is -0.193 e. The number of hydrogen-bond acceptors (Lipinski definition) is 1. The Hall–Kier alpha value is -1.00. The summed E-state index contributed by atoms with van der Waals surface area (Å²) in [4.78, 5) is 0. The van der Waals surface area contributed by atoms with E-state index in [4.69, 9.17) is 16.9 Å². The second-order valence-electron chi connectivity index (χ2n) is 1.72. The topological polar surface area (TPSA) is 23.8 Å². The van der Waals surface area contributed by atoms with Crippen LogP contribution in [0.1, 0.15) is 6.92 Å². The molecule has 0 aromatic carbocycles. The van der Waals surface area contributed by atoms with Crippen LogP contribution in [0.3, 0.4) is 0 Å². The minimum atomic E-state index is 0.537. The number of halogens is 1. The van der Waals surface area contributed by atoms with E-state index in [2.05, 4.69) is 6.58 Å². The molecule has 0 atom stereocenters. The van der Waals surface area contributed by atoms with Crippen molar-refractivity contribution in [2.45, 2.75) is 6.92 Å². The van der Waals surface area contributed by atoms with Crippen molar-refractivity contribution in [3.63, 3.8) is 0 Å². The SMILES string of the molecule is C=C/C(Cl)=C\C=C(/C)C#N. The summed E-state index contributed by atoms with van der Waals surface area (Å²) in [6.07, 6.45) is 4.79. The summed E-state index contributed by atoms with van der Waals surface area (Å²) in [5, 5.41) is 8.84. The molecule has 0 aliphatic heterocycles. The van der Waals surface area contributed by atoms with E-state index >= 15 is 0 Å². The van der Waals surface area contributed by atoms with Gasteiger partial charge in [-0.05, 0) is 19.1 Å². The standard InChI is InChI=1S/C8H8ClN/c1-3-8(9)5-4-7(2)6-10/h3-5H,1H2,2H3/b7-4+,8-5+. The summed E-state index contributed by atoms with van der Waals surface area (Å²) in [6, 6.07) is 1.97. The van der Waals surface area contributed by atoms with Crippen LogP contribution in [0.5, 0.6) is 0 Å². The summed E-state index contributed by atoms with van der Waals surface area (Å²) in [7, 11) is 0. The molecule has 0 unspecified atom stereocenters. The molecule has 1 nitrogen and oxygen atoms in total. The molecule has 0 aromatic rings. The van der Waals surface area contributed by atoms with Gasteiger partial charge in [0.15, 0.2) is 0 Å². The second-order valence-corrected chi connectivity index (χ2v) is 2.15. The third-order valence-electron chi connectivity index (χ3n) is 0.864. The van der Waals surface area contributed by atoms with Gasteiger partial charge in [0.25, 0.3) is 0 Å². The molecule has 0 N–H and O–H groups in total. The largest absolute Gasteiger partial charge is 0.193 e. The lowest BCUT2D eigenvalue weighted by atomic mass is 10.3. The van der Waals surface area contributed by atoms with Crippen LogP contribution in [-0.2, 0) is 0 Å². The lowest BCUT2D eigenvalue weighted by Crippen LogP contribution is -1.65. The molecule has 0 radical (unpaired) electrons. The first-order valence-corrected chi connectivity index (χ1v) is 3.15. The molecule has 0 amide bonds. The van der Waals surface area contributed by atoms with E-state index in [0.717, 1.165) is 0 Å². The Morgan fingerprint density at radius 3 is 2.60 bits per heavy atom. The molecule has 0 fully saturated rings. The average molecular weight is 154 g/mol. The third-order valence-corrected chi connectivity index (χ3v) is 1.14. The van der Waals surface area contributed by atoms with Gasteiger partial charge >= 0.3 is 0 Å². The Kier molecular flexibility index (Phi) is 4.36. The number of nitrogens with zero attached hydrogens (tertiary/aromatic N) is 1. The highest BCUT2D eigenvalue weighted by molar-refractivity contribution is 6.31. The smallest absolute Gasteiger partial charge is 0.0944 e. The van der Waals surface area contributed by atoms with Gasteiger partial charge in [0.05, 0.1) is 6.07 Å². The van der Waals surface area contributed by atoms with Crippen molar-refractivity contribution in [3.05, 3.63) is 35.4 Å². The first-order valence-electron chi connectivity index (χ1n) is 2.77. The molecule has 0 bridgehead atoms. The maximum atomic E-state index is 8.30. The molecule has 0 aromatic heterocycles. The molecule has 0 spiro atoms. The zero-order chi connectivity index (χ0) is 7.98. The van der Waals surface area contributed by atoms with E-state index in [9.17, 15) is 0 Å². The van der Waals surface area contributed by atoms with Gasteiger partial charge in [-0.2, -0.15) is 5.26 Å². The average Bonchev–Trinajstić information content (AvgIpc) is 1.99. The Balaban J connectivity index is 4.21. The molecular formula is C8H8ClN. The Morgan fingerprint density at radius 1 is 1.60 bits per heavy atom. The lowest BCUT2D eigenvalue weighted by Gasteiger charge is -1.82. The molecular weight excluding hydrogens is 146 g/mol. The quantitative estimate of drug-likeness (QED) is 0.442. The van der Waals surface area contributed by atoms with Crippen molar-refractivity contribution in [1.82, 2.24) is 0 Å². The van der Waals surface area contributed by atoms with E-state index in [1.165, 1.54) is 6.08 Å². The molecule has 2 heteroatoms. The highest BCUT2D eigenvalue weighted by Gasteiger charge is 1.81. The van der Waals surface area contributed by atoms with Crippen molar-refractivity contribution in [2.75, 3.05) is 0 Å². The van der Waals surface area contributed by atoms with Crippen LogP contribution in [0.15, 0.2) is 35.4 Å². The molecule has 0 heterocycles. The van der Waals surface area contributed by atoms with Crippen LogP contribution in [0.4, 0.5) is 0 Å². The molecule has 0 aliphatic carbocycles. The van der Waals surface area contributed by atoms with Crippen LogP contribution in [0.25, 0.3) is 0 Å². The molecule has 0 saturated heterocycles. The van der Waals surface area contributed by atoms with E-state index < -0.39 is 0 Å². The van der Waals surface area contributed by atoms with Gasteiger partial charge in [0.2, 0.25) is 0 Å². The molecule has 52 valence electrons.